The molecule has 0 fully saturated rings. The fourth-order valence-electron chi connectivity index (χ4n) is 3.12. The van der Waals surface area contributed by atoms with Gasteiger partial charge in [0.1, 0.15) is 18.9 Å². The Morgan fingerprint density at radius 1 is 0.833 bits per heavy atom. The van der Waals surface area contributed by atoms with Crippen molar-refractivity contribution in [3.63, 3.8) is 0 Å². The summed E-state index contributed by atoms with van der Waals surface area (Å²) in [6.07, 6.45) is 6.04. The highest BCUT2D eigenvalue weighted by atomic mass is 19.5. The van der Waals surface area contributed by atoms with Crippen LogP contribution < -0.4 is 4.57 Å². The molecule has 3 aromatic rings. The summed E-state index contributed by atoms with van der Waals surface area (Å²) in [5.41, 5.74) is 3.09. The third kappa shape index (κ3) is 5.34. The number of carbonyl (C=O) groups excluding carboxylic acids is 2. The Bertz CT molecular complexity index is 1020. The van der Waals surface area contributed by atoms with E-state index in [1.165, 1.54) is 10.5 Å². The van der Waals surface area contributed by atoms with E-state index in [0.29, 0.717) is 17.7 Å². The Labute approximate surface area is 170 Å². The lowest BCUT2D eigenvalue weighted by atomic mass is 10.1. The largest absolute Gasteiger partial charge is 0.673 e. The van der Waals surface area contributed by atoms with E-state index in [2.05, 4.69) is 4.57 Å². The minimum atomic E-state index is -6.00. The SMILES string of the molecule is C[n+]1ccn(Cc2ccc(CN3C(=O)c4ccccc4C3=O)cc2)c1.F[B-](F)(F)F. The molecule has 1 aliphatic heterocycles. The van der Waals surface area contributed by atoms with Crippen molar-refractivity contribution in [2.45, 2.75) is 13.1 Å². The first-order chi connectivity index (χ1) is 14.1. The van der Waals surface area contributed by atoms with Gasteiger partial charge >= 0.3 is 7.25 Å². The lowest BCUT2D eigenvalue weighted by Gasteiger charge is -2.14. The third-order valence-electron chi connectivity index (χ3n) is 4.43. The highest BCUT2D eigenvalue weighted by Gasteiger charge is 2.34. The van der Waals surface area contributed by atoms with Crippen molar-refractivity contribution in [3.05, 3.63) is 89.5 Å². The monoisotopic (exact) mass is 419 g/mol. The zero-order valence-corrected chi connectivity index (χ0v) is 16.0. The Morgan fingerprint density at radius 3 is 1.73 bits per heavy atom. The number of amides is 2. The number of nitrogens with zero attached hydrogens (tertiary/aromatic N) is 3. The molecular weight excluding hydrogens is 401 g/mol. The maximum atomic E-state index is 12.4. The number of aromatic nitrogens is 2. The van der Waals surface area contributed by atoms with E-state index in [-0.39, 0.29) is 11.8 Å². The fraction of sp³-hybridized carbons (Fsp3) is 0.150. The molecular formula is C20H18BF4N3O2. The first kappa shape index (κ1) is 21.3. The van der Waals surface area contributed by atoms with Crippen LogP contribution >= 0.6 is 0 Å². The smallest absolute Gasteiger partial charge is 0.418 e. The van der Waals surface area contributed by atoms with Crippen LogP contribution in [0.2, 0.25) is 0 Å². The Hall–Kier alpha value is -3.43. The number of carbonyl (C=O) groups is 2. The maximum absolute atomic E-state index is 12.4. The van der Waals surface area contributed by atoms with Gasteiger partial charge in [0.2, 0.25) is 6.33 Å². The summed E-state index contributed by atoms with van der Waals surface area (Å²) >= 11 is 0. The number of fused-ring (bicyclic) bond motifs is 1. The van der Waals surface area contributed by atoms with Crippen LogP contribution in [0.4, 0.5) is 17.3 Å². The van der Waals surface area contributed by atoms with Gasteiger partial charge in [-0.15, -0.1) is 0 Å². The summed E-state index contributed by atoms with van der Waals surface area (Å²) in [6.45, 7) is 1.08. The summed E-state index contributed by atoms with van der Waals surface area (Å²) < 4.78 is 43.1. The predicted octanol–water partition coefficient (Wildman–Crippen LogP) is 3.46. The van der Waals surface area contributed by atoms with E-state index in [4.69, 9.17) is 0 Å². The molecule has 1 aliphatic rings. The molecule has 2 aromatic carbocycles. The maximum Gasteiger partial charge on any atom is 0.673 e. The van der Waals surface area contributed by atoms with E-state index >= 15 is 0 Å². The van der Waals surface area contributed by atoms with Gasteiger partial charge in [-0.25, -0.2) is 9.13 Å². The van der Waals surface area contributed by atoms with Crippen molar-refractivity contribution in [2.24, 2.45) is 7.05 Å². The second-order valence-corrected chi connectivity index (χ2v) is 6.80. The van der Waals surface area contributed by atoms with Gasteiger partial charge in [-0.3, -0.25) is 14.5 Å². The summed E-state index contributed by atoms with van der Waals surface area (Å²) in [5.74, 6) is -0.436. The molecule has 0 radical (unpaired) electrons. The molecule has 5 nitrogen and oxygen atoms in total. The van der Waals surface area contributed by atoms with Gasteiger partial charge in [0.15, 0.2) is 0 Å². The van der Waals surface area contributed by atoms with Gasteiger partial charge < -0.3 is 17.3 Å². The standard InChI is InChI=1S/C20H18N3O2.BF4/c1-21-10-11-22(14-21)12-15-6-8-16(9-7-15)13-23-19(24)17-4-2-3-5-18(17)20(23)25;2-1(3,4)5/h2-11,14H,12-13H2,1H3;/q+1;-1. The molecule has 10 heteroatoms. The van der Waals surface area contributed by atoms with Crippen LogP contribution in [0.25, 0.3) is 0 Å². The van der Waals surface area contributed by atoms with Crippen LogP contribution in [0.1, 0.15) is 31.8 Å². The van der Waals surface area contributed by atoms with Crippen LogP contribution in [0, 0.1) is 0 Å². The van der Waals surface area contributed by atoms with Crippen molar-refractivity contribution >= 4 is 19.1 Å². The second-order valence-electron chi connectivity index (χ2n) is 6.80. The van der Waals surface area contributed by atoms with Gasteiger partial charge in [0, 0.05) is 0 Å². The van der Waals surface area contributed by atoms with Gasteiger partial charge in [0.25, 0.3) is 11.8 Å². The van der Waals surface area contributed by atoms with Gasteiger partial charge in [-0.2, -0.15) is 0 Å². The molecule has 0 atom stereocenters. The normalized spacial score (nSPS) is 13.2. The quantitative estimate of drug-likeness (QED) is 0.282. The molecule has 0 unspecified atom stereocenters. The van der Waals surface area contributed by atoms with Gasteiger partial charge in [-0.05, 0) is 23.3 Å². The number of aryl methyl sites for hydroxylation is 1. The molecule has 0 saturated carbocycles. The first-order valence-corrected chi connectivity index (χ1v) is 9.03. The molecule has 4 rings (SSSR count). The Kier molecular flexibility index (Phi) is 6.05. The number of halogens is 4. The molecule has 0 bridgehead atoms. The first-order valence-electron chi connectivity index (χ1n) is 9.03. The number of benzene rings is 2. The van der Waals surface area contributed by atoms with Crippen molar-refractivity contribution in [1.82, 2.24) is 9.47 Å². The predicted molar refractivity (Wildman–Crippen MR) is 102 cm³/mol. The van der Waals surface area contributed by atoms with Crippen molar-refractivity contribution in [3.8, 4) is 0 Å². The van der Waals surface area contributed by atoms with E-state index in [0.717, 1.165) is 12.1 Å². The molecule has 156 valence electrons. The van der Waals surface area contributed by atoms with Crippen molar-refractivity contribution in [2.75, 3.05) is 0 Å². The summed E-state index contributed by atoms with van der Waals surface area (Å²) in [4.78, 5) is 26.2. The number of imide groups is 1. The lowest BCUT2D eigenvalue weighted by molar-refractivity contribution is -0.671. The average Bonchev–Trinajstić information content (AvgIpc) is 3.19. The number of hydrogen-bond acceptors (Lipinski definition) is 2. The second kappa shape index (κ2) is 8.52. The van der Waals surface area contributed by atoms with Crippen LogP contribution in [0.3, 0.4) is 0 Å². The molecule has 0 spiro atoms. The fourth-order valence-corrected chi connectivity index (χ4v) is 3.12. The minimum Gasteiger partial charge on any atom is -0.418 e. The molecule has 1 aromatic heterocycles. The molecule has 0 saturated heterocycles. The van der Waals surface area contributed by atoms with E-state index in [1.54, 1.807) is 24.3 Å². The molecule has 30 heavy (non-hydrogen) atoms. The zero-order chi connectivity index (χ0) is 21.9. The summed E-state index contributed by atoms with van der Waals surface area (Å²) in [6, 6.07) is 15.0. The van der Waals surface area contributed by atoms with Gasteiger partial charge in [0.05, 0.1) is 24.7 Å². The highest BCUT2D eigenvalue weighted by Crippen LogP contribution is 2.24. The Morgan fingerprint density at radius 2 is 1.30 bits per heavy atom. The van der Waals surface area contributed by atoms with Crippen LogP contribution in [0.15, 0.2) is 67.3 Å². The third-order valence-corrected chi connectivity index (χ3v) is 4.43. The van der Waals surface area contributed by atoms with Crippen LogP contribution in [-0.4, -0.2) is 28.5 Å². The average molecular weight is 419 g/mol. The highest BCUT2D eigenvalue weighted by molar-refractivity contribution is 6.50. The number of imidazole rings is 1. The molecule has 2 amide bonds. The molecule has 2 heterocycles. The number of hydrogen-bond donors (Lipinski definition) is 0. The van der Waals surface area contributed by atoms with Crippen LogP contribution in [0.5, 0.6) is 0 Å². The minimum absolute atomic E-state index is 0.218. The van der Waals surface area contributed by atoms with E-state index in [9.17, 15) is 26.9 Å². The van der Waals surface area contributed by atoms with E-state index in [1.807, 2.05) is 54.6 Å². The van der Waals surface area contributed by atoms with E-state index < -0.39 is 7.25 Å². The summed E-state index contributed by atoms with van der Waals surface area (Å²) in [5, 5.41) is 0. The molecule has 0 aliphatic carbocycles. The zero-order valence-electron chi connectivity index (χ0n) is 16.0. The molecule has 0 N–H and O–H groups in total. The number of rotatable bonds is 4. The van der Waals surface area contributed by atoms with Crippen LogP contribution in [-0.2, 0) is 20.1 Å². The lowest BCUT2D eigenvalue weighted by Crippen LogP contribution is -2.29. The van der Waals surface area contributed by atoms with Crippen molar-refractivity contribution < 1.29 is 31.4 Å². The topological polar surface area (TPSA) is 46.2 Å². The Balaban J connectivity index is 0.000000461. The summed E-state index contributed by atoms with van der Waals surface area (Å²) in [7, 11) is -4.01. The van der Waals surface area contributed by atoms with Gasteiger partial charge in [-0.1, -0.05) is 36.4 Å². The van der Waals surface area contributed by atoms with Crippen molar-refractivity contribution in [1.29, 1.82) is 0 Å².